The highest BCUT2D eigenvalue weighted by atomic mass is 19.4. The van der Waals surface area contributed by atoms with Crippen LogP contribution in [0.4, 0.5) is 17.6 Å². The number of methoxy groups -OCH3 is 1. The van der Waals surface area contributed by atoms with Crippen LogP contribution in [0, 0.1) is 12.7 Å². The maximum absolute atomic E-state index is 13.6. The molecule has 0 amide bonds. The lowest BCUT2D eigenvalue weighted by Gasteiger charge is -2.13. The molecule has 10 heteroatoms. The molecular formula is C25H19F4N5O. The highest BCUT2D eigenvalue weighted by Crippen LogP contribution is 2.38. The minimum absolute atomic E-state index is 0.162. The summed E-state index contributed by atoms with van der Waals surface area (Å²) in [7, 11) is 1.57. The molecule has 0 fully saturated rings. The van der Waals surface area contributed by atoms with E-state index in [1.807, 2.05) is 35.9 Å². The first kappa shape index (κ1) is 22.6. The van der Waals surface area contributed by atoms with Crippen LogP contribution in [0.5, 0.6) is 5.75 Å². The van der Waals surface area contributed by atoms with Crippen molar-refractivity contribution in [3.63, 3.8) is 0 Å². The van der Waals surface area contributed by atoms with Gasteiger partial charge in [-0.05, 0) is 54.4 Å². The zero-order valence-electron chi connectivity index (χ0n) is 18.7. The van der Waals surface area contributed by atoms with Gasteiger partial charge < -0.3 is 9.30 Å². The van der Waals surface area contributed by atoms with E-state index in [0.717, 1.165) is 29.1 Å². The van der Waals surface area contributed by atoms with Crippen LogP contribution in [-0.2, 0) is 12.6 Å². The lowest BCUT2D eigenvalue weighted by atomic mass is 10.00. The number of nitrogens with zero attached hydrogens (tertiary/aromatic N) is 5. The third-order valence-corrected chi connectivity index (χ3v) is 5.58. The number of aryl methyl sites for hydroxylation is 1. The summed E-state index contributed by atoms with van der Waals surface area (Å²) < 4.78 is 63.3. The van der Waals surface area contributed by atoms with E-state index in [2.05, 4.69) is 15.1 Å². The molecule has 0 aliphatic heterocycles. The van der Waals surface area contributed by atoms with Gasteiger partial charge in [0.05, 0.1) is 30.4 Å². The van der Waals surface area contributed by atoms with E-state index >= 15 is 0 Å². The van der Waals surface area contributed by atoms with Crippen LogP contribution >= 0.6 is 0 Å². The number of pyridine rings is 1. The Morgan fingerprint density at radius 3 is 2.57 bits per heavy atom. The lowest BCUT2D eigenvalue weighted by molar-refractivity contribution is -0.137. The van der Waals surface area contributed by atoms with Gasteiger partial charge in [0.25, 0.3) is 0 Å². The Bertz CT molecular complexity index is 1540. The van der Waals surface area contributed by atoms with Gasteiger partial charge in [-0.15, -0.1) is 0 Å². The van der Waals surface area contributed by atoms with Crippen LogP contribution < -0.4 is 4.74 Å². The second-order valence-electron chi connectivity index (χ2n) is 8.01. The van der Waals surface area contributed by atoms with Gasteiger partial charge in [-0.25, -0.2) is 18.9 Å². The number of benzene rings is 2. The zero-order valence-corrected chi connectivity index (χ0v) is 18.7. The number of alkyl halides is 3. The molecule has 5 rings (SSSR count). The van der Waals surface area contributed by atoms with Crippen molar-refractivity contribution in [1.29, 1.82) is 0 Å². The second kappa shape index (κ2) is 8.53. The normalized spacial score (nSPS) is 11.8. The molecule has 0 radical (unpaired) electrons. The number of rotatable bonds is 5. The van der Waals surface area contributed by atoms with Crippen LogP contribution in [0.15, 0.2) is 67.3 Å². The fraction of sp³-hybridized carbons (Fsp3) is 0.160. The average molecular weight is 481 g/mol. The van der Waals surface area contributed by atoms with Gasteiger partial charge in [0, 0.05) is 24.4 Å². The Morgan fingerprint density at radius 2 is 1.86 bits per heavy atom. The van der Waals surface area contributed by atoms with Crippen molar-refractivity contribution < 1.29 is 22.3 Å². The SMILES string of the molecule is COc1cc(Cc2nc3c(-c4ccc(F)cc4C(F)(F)F)cccn3n2)ccc1-n1cnc(C)c1. The number of ether oxygens (including phenoxy) is 1. The third-order valence-electron chi connectivity index (χ3n) is 5.58. The van der Waals surface area contributed by atoms with Gasteiger partial charge in [-0.3, -0.25) is 0 Å². The summed E-state index contributed by atoms with van der Waals surface area (Å²) in [6.07, 6.45) is 0.794. The topological polar surface area (TPSA) is 57.2 Å². The van der Waals surface area contributed by atoms with Crippen LogP contribution in [0.1, 0.15) is 22.6 Å². The molecule has 0 aliphatic carbocycles. The summed E-state index contributed by atoms with van der Waals surface area (Å²) >= 11 is 0. The molecular weight excluding hydrogens is 462 g/mol. The molecule has 0 N–H and O–H groups in total. The van der Waals surface area contributed by atoms with E-state index in [1.54, 1.807) is 25.7 Å². The number of halogens is 4. The summed E-state index contributed by atoms with van der Waals surface area (Å²) in [5.74, 6) is 0.0883. The van der Waals surface area contributed by atoms with Crippen molar-refractivity contribution in [1.82, 2.24) is 24.1 Å². The van der Waals surface area contributed by atoms with Gasteiger partial charge in [-0.2, -0.15) is 18.3 Å². The molecule has 0 bridgehead atoms. The minimum Gasteiger partial charge on any atom is -0.495 e. The predicted octanol–water partition coefficient (Wildman–Crippen LogP) is 5.65. The van der Waals surface area contributed by atoms with Gasteiger partial charge >= 0.3 is 6.18 Å². The first-order chi connectivity index (χ1) is 16.7. The molecule has 0 saturated heterocycles. The van der Waals surface area contributed by atoms with Crippen molar-refractivity contribution in [2.75, 3.05) is 7.11 Å². The van der Waals surface area contributed by atoms with E-state index in [9.17, 15) is 17.6 Å². The van der Waals surface area contributed by atoms with Gasteiger partial charge in [0.2, 0.25) is 0 Å². The zero-order chi connectivity index (χ0) is 24.7. The van der Waals surface area contributed by atoms with Crippen LogP contribution in [-0.4, -0.2) is 31.3 Å². The molecule has 3 heterocycles. The maximum Gasteiger partial charge on any atom is 0.417 e. The molecule has 35 heavy (non-hydrogen) atoms. The molecule has 0 saturated carbocycles. The Morgan fingerprint density at radius 1 is 1.03 bits per heavy atom. The number of fused-ring (bicyclic) bond motifs is 1. The monoisotopic (exact) mass is 481 g/mol. The molecule has 0 unspecified atom stereocenters. The quantitative estimate of drug-likeness (QED) is 0.305. The van der Waals surface area contributed by atoms with E-state index in [4.69, 9.17) is 4.74 Å². The highest BCUT2D eigenvalue weighted by molar-refractivity contribution is 5.79. The Balaban J connectivity index is 1.52. The maximum atomic E-state index is 13.6. The molecule has 2 aromatic carbocycles. The molecule has 178 valence electrons. The smallest absolute Gasteiger partial charge is 0.417 e. The molecule has 0 spiro atoms. The molecule has 6 nitrogen and oxygen atoms in total. The first-order valence-corrected chi connectivity index (χ1v) is 10.6. The first-order valence-electron chi connectivity index (χ1n) is 10.6. The number of hydrogen-bond acceptors (Lipinski definition) is 4. The molecule has 3 aromatic heterocycles. The number of aromatic nitrogens is 5. The van der Waals surface area contributed by atoms with Crippen molar-refractivity contribution in [2.45, 2.75) is 19.5 Å². The van der Waals surface area contributed by atoms with E-state index < -0.39 is 17.6 Å². The summed E-state index contributed by atoms with van der Waals surface area (Å²) in [6.45, 7) is 1.89. The fourth-order valence-corrected chi connectivity index (χ4v) is 4.00. The van der Waals surface area contributed by atoms with E-state index in [1.165, 1.54) is 10.6 Å². The predicted molar refractivity (Wildman–Crippen MR) is 121 cm³/mol. The Hall–Kier alpha value is -4.21. The lowest BCUT2D eigenvalue weighted by Crippen LogP contribution is -2.08. The van der Waals surface area contributed by atoms with E-state index in [-0.39, 0.29) is 16.8 Å². The average Bonchev–Trinajstić information content (AvgIpc) is 3.44. The number of imidazole rings is 1. The van der Waals surface area contributed by atoms with Crippen LogP contribution in [0.2, 0.25) is 0 Å². The molecule has 5 aromatic rings. The van der Waals surface area contributed by atoms with Gasteiger partial charge in [0.15, 0.2) is 11.5 Å². The Kier molecular flexibility index (Phi) is 5.50. The van der Waals surface area contributed by atoms with E-state index in [0.29, 0.717) is 24.1 Å². The Labute approximate surface area is 197 Å². The van der Waals surface area contributed by atoms with Crippen molar-refractivity contribution >= 4 is 5.65 Å². The van der Waals surface area contributed by atoms with Crippen LogP contribution in [0.3, 0.4) is 0 Å². The standard InChI is InChI=1S/C25H19F4N5O/c1-15-13-33(14-30-15)21-8-5-16(10-22(21)35-2)11-23-31-24-19(4-3-9-34(24)32-23)18-7-6-17(26)12-20(18)25(27,28)29/h3-10,12-14H,11H2,1-2H3. The number of hydrogen-bond donors (Lipinski definition) is 0. The third kappa shape index (κ3) is 4.34. The summed E-state index contributed by atoms with van der Waals surface area (Å²) in [5.41, 5.74) is 1.78. The summed E-state index contributed by atoms with van der Waals surface area (Å²) in [5, 5.41) is 4.44. The van der Waals surface area contributed by atoms with Gasteiger partial charge in [-0.1, -0.05) is 12.1 Å². The fourth-order valence-electron chi connectivity index (χ4n) is 4.00. The highest BCUT2D eigenvalue weighted by Gasteiger charge is 2.34. The van der Waals surface area contributed by atoms with Gasteiger partial charge in [0.1, 0.15) is 11.6 Å². The summed E-state index contributed by atoms with van der Waals surface area (Å²) in [6, 6.07) is 11.4. The molecule has 0 atom stereocenters. The largest absolute Gasteiger partial charge is 0.495 e. The summed E-state index contributed by atoms with van der Waals surface area (Å²) in [4.78, 5) is 8.74. The van der Waals surface area contributed by atoms with Crippen molar-refractivity contribution in [2.24, 2.45) is 0 Å². The minimum atomic E-state index is -4.72. The van der Waals surface area contributed by atoms with Crippen LogP contribution in [0.25, 0.3) is 22.5 Å². The second-order valence-corrected chi connectivity index (χ2v) is 8.01. The molecule has 0 aliphatic rings. The van der Waals surface area contributed by atoms with Crippen molar-refractivity contribution in [3.05, 3.63) is 95.7 Å². The van der Waals surface area contributed by atoms with Crippen molar-refractivity contribution in [3.8, 4) is 22.6 Å².